The molecule has 108 valence electrons. The number of rotatable bonds is 3. The van der Waals surface area contributed by atoms with E-state index in [2.05, 4.69) is 43.0 Å². The molecule has 0 spiro atoms. The second-order valence-corrected chi connectivity index (χ2v) is 5.98. The van der Waals surface area contributed by atoms with E-state index in [9.17, 15) is 0 Å². The summed E-state index contributed by atoms with van der Waals surface area (Å²) in [6.07, 6.45) is 3.83. The summed E-state index contributed by atoms with van der Waals surface area (Å²) in [4.78, 5) is 7.35. The van der Waals surface area contributed by atoms with Crippen LogP contribution >= 0.6 is 0 Å². The molecule has 0 unspecified atom stereocenters. The monoisotopic (exact) mass is 279 g/mol. The first kappa shape index (κ1) is 13.9. The van der Waals surface area contributed by atoms with Gasteiger partial charge in [0, 0.05) is 24.9 Å². The average molecular weight is 279 g/mol. The Labute approximate surface area is 126 Å². The molecule has 3 rings (SSSR count). The van der Waals surface area contributed by atoms with E-state index in [4.69, 9.17) is 10.2 Å². The summed E-state index contributed by atoms with van der Waals surface area (Å²) in [7, 11) is 0. The Morgan fingerprint density at radius 3 is 2.67 bits per heavy atom. The molecule has 0 saturated carbocycles. The quantitative estimate of drug-likeness (QED) is 0.855. The zero-order valence-corrected chi connectivity index (χ0v) is 12.8. The largest absolute Gasteiger partial charge is 0.356 e. The molecule has 2 heterocycles. The average Bonchev–Trinajstić information content (AvgIpc) is 2.98. The number of benzene rings is 1. The van der Waals surface area contributed by atoms with Crippen LogP contribution in [0.5, 0.6) is 0 Å². The highest BCUT2D eigenvalue weighted by atomic mass is 15.2. The van der Waals surface area contributed by atoms with Gasteiger partial charge in [0.2, 0.25) is 0 Å². The van der Waals surface area contributed by atoms with E-state index < -0.39 is 0 Å². The maximum Gasteiger partial charge on any atom is 0.132 e. The van der Waals surface area contributed by atoms with Crippen molar-refractivity contribution in [3.8, 4) is 6.07 Å². The number of fused-ring (bicyclic) bond motifs is 1. The number of pyridine rings is 1. The number of aryl methyl sites for hydroxylation is 3. The van der Waals surface area contributed by atoms with Gasteiger partial charge in [-0.3, -0.25) is 0 Å². The van der Waals surface area contributed by atoms with Crippen molar-refractivity contribution in [1.29, 1.82) is 5.26 Å². The molecule has 0 aliphatic carbocycles. The van der Waals surface area contributed by atoms with E-state index >= 15 is 0 Å². The van der Waals surface area contributed by atoms with Gasteiger partial charge in [-0.1, -0.05) is 11.6 Å². The summed E-state index contributed by atoms with van der Waals surface area (Å²) in [6, 6.07) is 8.89. The maximum absolute atomic E-state index is 8.90. The number of nitriles is 1. The molecule has 1 aliphatic rings. The lowest BCUT2D eigenvalue weighted by Crippen LogP contribution is -2.21. The van der Waals surface area contributed by atoms with Gasteiger partial charge in [0.05, 0.1) is 11.6 Å². The first-order chi connectivity index (χ1) is 10.2. The predicted molar refractivity (Wildman–Crippen MR) is 86.6 cm³/mol. The molecule has 0 amide bonds. The molecule has 1 saturated heterocycles. The molecular formula is C18H21N3. The van der Waals surface area contributed by atoms with Crippen LogP contribution in [0.4, 0.5) is 5.82 Å². The minimum absolute atomic E-state index is 0.554. The molecule has 1 aliphatic heterocycles. The molecule has 3 nitrogen and oxygen atoms in total. The summed E-state index contributed by atoms with van der Waals surface area (Å²) in [5.41, 5.74) is 4.82. The van der Waals surface area contributed by atoms with Crippen LogP contribution in [0.1, 0.15) is 36.0 Å². The molecule has 1 aromatic heterocycles. The number of nitrogens with zero attached hydrogens (tertiary/aromatic N) is 3. The Bertz CT molecular complexity index is 706. The van der Waals surface area contributed by atoms with E-state index in [1.54, 1.807) is 0 Å². The van der Waals surface area contributed by atoms with Crippen LogP contribution in [0.25, 0.3) is 10.9 Å². The van der Waals surface area contributed by atoms with Gasteiger partial charge in [-0.25, -0.2) is 4.98 Å². The molecular weight excluding hydrogens is 258 g/mol. The summed E-state index contributed by atoms with van der Waals surface area (Å²) in [6.45, 7) is 6.42. The summed E-state index contributed by atoms with van der Waals surface area (Å²) in [5, 5.41) is 10.1. The van der Waals surface area contributed by atoms with Crippen LogP contribution in [0.3, 0.4) is 0 Å². The fourth-order valence-corrected chi connectivity index (χ4v) is 3.26. The maximum atomic E-state index is 8.90. The number of aromatic nitrogens is 1. The zero-order valence-electron chi connectivity index (χ0n) is 12.8. The molecule has 0 N–H and O–H groups in total. The zero-order chi connectivity index (χ0) is 14.8. The predicted octanol–water partition coefficient (Wildman–Crippen LogP) is 3.91. The molecule has 0 bridgehead atoms. The lowest BCUT2D eigenvalue weighted by molar-refractivity contribution is 0.905. The molecule has 1 aromatic carbocycles. The number of hydrogen-bond donors (Lipinski definition) is 0. The summed E-state index contributed by atoms with van der Waals surface area (Å²) in [5.74, 6) is 1.10. The van der Waals surface area contributed by atoms with Crippen molar-refractivity contribution in [3.63, 3.8) is 0 Å². The fraction of sp³-hybridized carbons (Fsp3) is 0.444. The lowest BCUT2D eigenvalue weighted by Gasteiger charge is -2.21. The molecule has 21 heavy (non-hydrogen) atoms. The molecule has 3 heteroatoms. The number of hydrogen-bond acceptors (Lipinski definition) is 3. The Balaban J connectivity index is 2.15. The number of anilines is 1. The highest BCUT2D eigenvalue weighted by Crippen LogP contribution is 2.29. The second kappa shape index (κ2) is 5.73. The van der Waals surface area contributed by atoms with Gasteiger partial charge in [-0.15, -0.1) is 0 Å². The molecule has 2 aromatic rings. The van der Waals surface area contributed by atoms with Crippen LogP contribution in [0, 0.1) is 25.2 Å². The highest BCUT2D eigenvalue weighted by Gasteiger charge is 2.18. The van der Waals surface area contributed by atoms with E-state index in [1.165, 1.54) is 34.9 Å². The third kappa shape index (κ3) is 2.71. The standard InChI is InChI=1S/C18H21N3/c1-13-10-14(2)17-16(11-13)12-15(6-5-7-19)18(20-17)21-8-3-4-9-21/h10-12H,3-6,8-9H2,1-2H3. The third-order valence-electron chi connectivity index (χ3n) is 4.22. The van der Waals surface area contributed by atoms with Crippen molar-refractivity contribution in [3.05, 3.63) is 34.9 Å². The van der Waals surface area contributed by atoms with E-state index in [-0.39, 0.29) is 0 Å². The van der Waals surface area contributed by atoms with Crippen LogP contribution in [0.2, 0.25) is 0 Å². The van der Waals surface area contributed by atoms with Crippen molar-refractivity contribution in [2.75, 3.05) is 18.0 Å². The Morgan fingerprint density at radius 1 is 1.19 bits per heavy atom. The first-order valence-electron chi connectivity index (χ1n) is 7.72. The van der Waals surface area contributed by atoms with Crippen LogP contribution in [-0.4, -0.2) is 18.1 Å². The highest BCUT2D eigenvalue weighted by molar-refractivity contribution is 5.85. The Morgan fingerprint density at radius 2 is 1.95 bits per heavy atom. The first-order valence-corrected chi connectivity index (χ1v) is 7.72. The lowest BCUT2D eigenvalue weighted by atomic mass is 10.0. The fourth-order valence-electron chi connectivity index (χ4n) is 3.26. The minimum atomic E-state index is 0.554. The van der Waals surface area contributed by atoms with Crippen LogP contribution < -0.4 is 4.90 Å². The van der Waals surface area contributed by atoms with Crippen LogP contribution in [0.15, 0.2) is 18.2 Å². The normalized spacial score (nSPS) is 14.6. The van der Waals surface area contributed by atoms with Crippen molar-refractivity contribution >= 4 is 16.7 Å². The molecule has 1 fully saturated rings. The smallest absolute Gasteiger partial charge is 0.132 e. The van der Waals surface area contributed by atoms with Crippen molar-refractivity contribution in [2.24, 2.45) is 0 Å². The van der Waals surface area contributed by atoms with Crippen molar-refractivity contribution < 1.29 is 0 Å². The van der Waals surface area contributed by atoms with E-state index in [0.717, 1.165) is 30.8 Å². The Kier molecular flexibility index (Phi) is 3.79. The topological polar surface area (TPSA) is 39.9 Å². The third-order valence-corrected chi connectivity index (χ3v) is 4.22. The van der Waals surface area contributed by atoms with Gasteiger partial charge in [0.25, 0.3) is 0 Å². The Hall–Kier alpha value is -2.08. The van der Waals surface area contributed by atoms with E-state index in [0.29, 0.717) is 6.42 Å². The van der Waals surface area contributed by atoms with Gasteiger partial charge >= 0.3 is 0 Å². The van der Waals surface area contributed by atoms with Crippen molar-refractivity contribution in [1.82, 2.24) is 4.98 Å². The van der Waals surface area contributed by atoms with Gasteiger partial charge in [-0.2, -0.15) is 5.26 Å². The van der Waals surface area contributed by atoms with Crippen LogP contribution in [-0.2, 0) is 6.42 Å². The van der Waals surface area contributed by atoms with Gasteiger partial charge < -0.3 is 4.90 Å². The van der Waals surface area contributed by atoms with Gasteiger partial charge in [0.1, 0.15) is 5.82 Å². The SMILES string of the molecule is Cc1cc(C)c2nc(N3CCCC3)c(CCC#N)cc2c1. The summed E-state index contributed by atoms with van der Waals surface area (Å²) < 4.78 is 0. The molecule has 0 atom stereocenters. The van der Waals surface area contributed by atoms with Gasteiger partial charge in [-0.05, 0) is 56.4 Å². The van der Waals surface area contributed by atoms with Gasteiger partial charge in [0.15, 0.2) is 0 Å². The van der Waals surface area contributed by atoms with Crippen molar-refractivity contribution in [2.45, 2.75) is 39.5 Å². The second-order valence-electron chi connectivity index (χ2n) is 5.98. The summed E-state index contributed by atoms with van der Waals surface area (Å²) >= 11 is 0. The molecule has 0 radical (unpaired) electrons. The minimum Gasteiger partial charge on any atom is -0.356 e. The van der Waals surface area contributed by atoms with E-state index in [1.807, 2.05) is 0 Å².